The standard InChI is InChI=1S/C13H17NO5/c1-18-13(17)10-7-19-11(14-10)6-8-2-4-9(5-3-8)12(15)16/h7-9H,2-6H2,1H3,(H,15,16). The smallest absolute Gasteiger partial charge is 0.360 e. The first-order valence-corrected chi connectivity index (χ1v) is 6.35. The summed E-state index contributed by atoms with van der Waals surface area (Å²) >= 11 is 0. The summed E-state index contributed by atoms with van der Waals surface area (Å²) in [6.45, 7) is 0. The van der Waals surface area contributed by atoms with E-state index in [1.165, 1.54) is 13.4 Å². The molecule has 1 aromatic heterocycles. The topological polar surface area (TPSA) is 89.6 Å². The molecule has 104 valence electrons. The molecule has 1 heterocycles. The second kappa shape index (κ2) is 5.86. The molecular weight excluding hydrogens is 250 g/mol. The summed E-state index contributed by atoms with van der Waals surface area (Å²) < 4.78 is 9.79. The van der Waals surface area contributed by atoms with Gasteiger partial charge in [0.05, 0.1) is 13.0 Å². The van der Waals surface area contributed by atoms with Crippen LogP contribution in [0, 0.1) is 11.8 Å². The van der Waals surface area contributed by atoms with Crippen LogP contribution in [0.5, 0.6) is 0 Å². The Morgan fingerprint density at radius 2 is 2.11 bits per heavy atom. The van der Waals surface area contributed by atoms with Crippen LogP contribution < -0.4 is 0 Å². The lowest BCUT2D eigenvalue weighted by Gasteiger charge is -2.24. The molecular formula is C13H17NO5. The number of aliphatic carboxylic acids is 1. The molecule has 1 N–H and O–H groups in total. The fraction of sp³-hybridized carbons (Fsp3) is 0.615. The Bertz CT molecular complexity index is 459. The molecule has 0 spiro atoms. The van der Waals surface area contributed by atoms with E-state index in [0.717, 1.165) is 12.8 Å². The van der Waals surface area contributed by atoms with Crippen LogP contribution in [0.3, 0.4) is 0 Å². The van der Waals surface area contributed by atoms with Crippen LogP contribution in [-0.2, 0) is 16.0 Å². The average molecular weight is 267 g/mol. The molecule has 0 unspecified atom stereocenters. The Kier molecular flexibility index (Phi) is 4.19. The van der Waals surface area contributed by atoms with Gasteiger partial charge in [0.2, 0.25) is 0 Å². The highest BCUT2D eigenvalue weighted by Crippen LogP contribution is 2.31. The van der Waals surface area contributed by atoms with Crippen molar-refractivity contribution in [3.05, 3.63) is 17.8 Å². The van der Waals surface area contributed by atoms with Gasteiger partial charge in [-0.05, 0) is 31.6 Å². The van der Waals surface area contributed by atoms with E-state index < -0.39 is 11.9 Å². The summed E-state index contributed by atoms with van der Waals surface area (Å²) in [5.74, 6) is -0.544. The van der Waals surface area contributed by atoms with Gasteiger partial charge in [-0.2, -0.15) is 0 Å². The number of hydrogen-bond donors (Lipinski definition) is 1. The fourth-order valence-corrected chi connectivity index (χ4v) is 2.46. The van der Waals surface area contributed by atoms with Gasteiger partial charge in [-0.15, -0.1) is 0 Å². The summed E-state index contributed by atoms with van der Waals surface area (Å²) in [5.41, 5.74) is 0.178. The zero-order valence-electron chi connectivity index (χ0n) is 10.8. The highest BCUT2D eigenvalue weighted by atomic mass is 16.5. The minimum atomic E-state index is -0.706. The maximum Gasteiger partial charge on any atom is 0.360 e. The number of oxazole rings is 1. The summed E-state index contributed by atoms with van der Waals surface area (Å²) in [6.07, 6.45) is 5.04. The maximum atomic E-state index is 11.2. The molecule has 1 aliphatic rings. The molecule has 19 heavy (non-hydrogen) atoms. The number of carboxylic acid groups (broad SMARTS) is 1. The number of esters is 1. The van der Waals surface area contributed by atoms with Crippen LogP contribution in [-0.4, -0.2) is 29.1 Å². The zero-order valence-corrected chi connectivity index (χ0v) is 10.8. The van der Waals surface area contributed by atoms with Gasteiger partial charge in [0, 0.05) is 6.42 Å². The van der Waals surface area contributed by atoms with Gasteiger partial charge in [-0.3, -0.25) is 4.79 Å². The van der Waals surface area contributed by atoms with Crippen LogP contribution >= 0.6 is 0 Å². The van der Waals surface area contributed by atoms with E-state index in [1.807, 2.05) is 0 Å². The Morgan fingerprint density at radius 1 is 1.42 bits per heavy atom. The van der Waals surface area contributed by atoms with Crippen LogP contribution in [0.25, 0.3) is 0 Å². The Morgan fingerprint density at radius 3 is 2.68 bits per heavy atom. The van der Waals surface area contributed by atoms with Crippen molar-refractivity contribution in [2.75, 3.05) is 7.11 Å². The molecule has 1 saturated carbocycles. The SMILES string of the molecule is COC(=O)c1coc(CC2CCC(C(=O)O)CC2)n1. The fourth-order valence-electron chi connectivity index (χ4n) is 2.46. The van der Waals surface area contributed by atoms with Crippen LogP contribution in [0.1, 0.15) is 42.1 Å². The largest absolute Gasteiger partial charge is 0.481 e. The summed E-state index contributed by atoms with van der Waals surface area (Å²) in [7, 11) is 1.30. The molecule has 0 saturated heterocycles. The van der Waals surface area contributed by atoms with Crippen molar-refractivity contribution >= 4 is 11.9 Å². The van der Waals surface area contributed by atoms with E-state index in [9.17, 15) is 9.59 Å². The molecule has 2 rings (SSSR count). The number of carbonyl (C=O) groups is 2. The molecule has 6 heteroatoms. The zero-order chi connectivity index (χ0) is 13.8. The summed E-state index contributed by atoms with van der Waals surface area (Å²) in [6, 6.07) is 0. The number of carbonyl (C=O) groups excluding carboxylic acids is 1. The molecule has 1 fully saturated rings. The summed E-state index contributed by atoms with van der Waals surface area (Å²) in [4.78, 5) is 26.1. The van der Waals surface area contributed by atoms with Gasteiger partial charge in [0.25, 0.3) is 0 Å². The minimum absolute atomic E-state index is 0.178. The van der Waals surface area contributed by atoms with Crippen molar-refractivity contribution in [2.24, 2.45) is 11.8 Å². The van der Waals surface area contributed by atoms with Crippen molar-refractivity contribution in [3.8, 4) is 0 Å². The van der Waals surface area contributed by atoms with Gasteiger partial charge in [-0.25, -0.2) is 9.78 Å². The third-order valence-electron chi connectivity index (χ3n) is 3.61. The maximum absolute atomic E-state index is 11.2. The van der Waals surface area contributed by atoms with Gasteiger partial charge < -0.3 is 14.3 Å². The molecule has 1 aromatic rings. The number of nitrogens with zero attached hydrogens (tertiary/aromatic N) is 1. The first-order chi connectivity index (χ1) is 9.10. The monoisotopic (exact) mass is 267 g/mol. The molecule has 1 aliphatic carbocycles. The van der Waals surface area contributed by atoms with Gasteiger partial charge in [0.15, 0.2) is 11.6 Å². The molecule has 0 aromatic carbocycles. The molecule has 0 aliphatic heterocycles. The van der Waals surface area contributed by atoms with E-state index in [0.29, 0.717) is 31.1 Å². The highest BCUT2D eigenvalue weighted by molar-refractivity contribution is 5.86. The second-order valence-corrected chi connectivity index (χ2v) is 4.88. The van der Waals surface area contributed by atoms with E-state index in [4.69, 9.17) is 9.52 Å². The van der Waals surface area contributed by atoms with Crippen LogP contribution in [0.4, 0.5) is 0 Å². The third kappa shape index (κ3) is 3.33. The normalized spacial score (nSPS) is 23.0. The van der Waals surface area contributed by atoms with Crippen molar-refractivity contribution in [1.82, 2.24) is 4.98 Å². The van der Waals surface area contributed by atoms with Crippen molar-refractivity contribution < 1.29 is 23.8 Å². The number of rotatable bonds is 4. The molecule has 0 bridgehead atoms. The first kappa shape index (κ1) is 13.6. The Balaban J connectivity index is 1.87. The molecule has 0 atom stereocenters. The number of ether oxygens (including phenoxy) is 1. The molecule has 0 amide bonds. The predicted octanol–water partition coefficient (Wildman–Crippen LogP) is 1.89. The predicted molar refractivity (Wildman–Crippen MR) is 64.6 cm³/mol. The Hall–Kier alpha value is -1.85. The minimum Gasteiger partial charge on any atom is -0.481 e. The van der Waals surface area contributed by atoms with Crippen LogP contribution in [0.15, 0.2) is 10.7 Å². The van der Waals surface area contributed by atoms with Crippen LogP contribution in [0.2, 0.25) is 0 Å². The lowest BCUT2D eigenvalue weighted by Crippen LogP contribution is -2.22. The van der Waals surface area contributed by atoms with E-state index in [-0.39, 0.29) is 11.6 Å². The summed E-state index contributed by atoms with van der Waals surface area (Å²) in [5, 5.41) is 8.92. The number of methoxy groups -OCH3 is 1. The third-order valence-corrected chi connectivity index (χ3v) is 3.61. The van der Waals surface area contributed by atoms with Crippen molar-refractivity contribution in [1.29, 1.82) is 0 Å². The number of hydrogen-bond acceptors (Lipinski definition) is 5. The number of carboxylic acids is 1. The molecule has 0 radical (unpaired) electrons. The van der Waals surface area contributed by atoms with Gasteiger partial charge in [0.1, 0.15) is 6.26 Å². The number of aromatic nitrogens is 1. The van der Waals surface area contributed by atoms with Crippen molar-refractivity contribution in [3.63, 3.8) is 0 Å². The average Bonchev–Trinajstić information content (AvgIpc) is 2.87. The quantitative estimate of drug-likeness (QED) is 0.838. The molecule has 6 nitrogen and oxygen atoms in total. The second-order valence-electron chi connectivity index (χ2n) is 4.88. The highest BCUT2D eigenvalue weighted by Gasteiger charge is 2.27. The van der Waals surface area contributed by atoms with Gasteiger partial charge in [-0.1, -0.05) is 0 Å². The van der Waals surface area contributed by atoms with E-state index in [2.05, 4.69) is 9.72 Å². The van der Waals surface area contributed by atoms with E-state index in [1.54, 1.807) is 0 Å². The first-order valence-electron chi connectivity index (χ1n) is 6.35. The van der Waals surface area contributed by atoms with Gasteiger partial charge >= 0.3 is 11.9 Å². The lowest BCUT2D eigenvalue weighted by molar-refractivity contribution is -0.143. The van der Waals surface area contributed by atoms with Crippen molar-refractivity contribution in [2.45, 2.75) is 32.1 Å². The van der Waals surface area contributed by atoms with E-state index >= 15 is 0 Å². The Labute approximate surface area is 110 Å². The lowest BCUT2D eigenvalue weighted by atomic mass is 9.80.